The van der Waals surface area contributed by atoms with Crippen molar-refractivity contribution in [3.63, 3.8) is 0 Å². The zero-order chi connectivity index (χ0) is 27.7. The van der Waals surface area contributed by atoms with Gasteiger partial charge in [0.05, 0.1) is 23.3 Å². The Morgan fingerprint density at radius 2 is 1.57 bits per heavy atom. The van der Waals surface area contributed by atoms with Crippen LogP contribution in [-0.4, -0.2) is 29.0 Å². The number of fused-ring (bicyclic) bond motifs is 1. The predicted octanol–water partition coefficient (Wildman–Crippen LogP) is 6.27. The third-order valence-corrected chi connectivity index (χ3v) is 5.82. The first kappa shape index (κ1) is 28.1. The largest absolute Gasteiger partial charge is 0.492 e. The number of benzene rings is 2. The Labute approximate surface area is 209 Å². The SMILES string of the molecule is CC(C)CCOc1c(C(=O)N(C)Cc2cc(C(F)(F)F)cc(C(F)(F)F)c2)c(=O)n(C)c2ccccc12. The molecule has 0 atom stereocenters. The van der Waals surface area contributed by atoms with Gasteiger partial charge in [0.2, 0.25) is 0 Å². The van der Waals surface area contributed by atoms with E-state index in [1.54, 1.807) is 24.3 Å². The molecule has 11 heteroatoms. The molecule has 0 aliphatic heterocycles. The van der Waals surface area contributed by atoms with Crippen LogP contribution in [0.25, 0.3) is 10.9 Å². The Morgan fingerprint density at radius 1 is 1.00 bits per heavy atom. The Hall–Kier alpha value is -3.50. The van der Waals surface area contributed by atoms with Gasteiger partial charge in [-0.1, -0.05) is 26.0 Å². The molecule has 0 unspecified atom stereocenters. The number of alkyl halides is 6. The third kappa shape index (κ3) is 6.26. The smallest absolute Gasteiger partial charge is 0.416 e. The quantitative estimate of drug-likeness (QED) is 0.340. The lowest BCUT2D eigenvalue weighted by molar-refractivity contribution is -0.143. The van der Waals surface area contributed by atoms with E-state index >= 15 is 0 Å². The highest BCUT2D eigenvalue weighted by atomic mass is 19.4. The van der Waals surface area contributed by atoms with Gasteiger partial charge in [0.15, 0.2) is 0 Å². The predicted molar refractivity (Wildman–Crippen MR) is 126 cm³/mol. The average molecular weight is 528 g/mol. The maximum Gasteiger partial charge on any atom is 0.416 e. The lowest BCUT2D eigenvalue weighted by Crippen LogP contribution is -2.34. The van der Waals surface area contributed by atoms with Crippen LogP contribution in [0.5, 0.6) is 5.75 Å². The summed E-state index contributed by atoms with van der Waals surface area (Å²) in [5.74, 6) is -0.600. The second kappa shape index (κ2) is 10.5. The van der Waals surface area contributed by atoms with E-state index in [2.05, 4.69) is 0 Å². The van der Waals surface area contributed by atoms with Crippen LogP contribution in [0.3, 0.4) is 0 Å². The summed E-state index contributed by atoms with van der Waals surface area (Å²) in [7, 11) is 2.66. The summed E-state index contributed by atoms with van der Waals surface area (Å²) in [5.41, 5.74) is -3.92. The van der Waals surface area contributed by atoms with Gasteiger partial charge in [0.1, 0.15) is 11.3 Å². The molecule has 1 amide bonds. The summed E-state index contributed by atoms with van der Waals surface area (Å²) < 4.78 is 86.7. The van der Waals surface area contributed by atoms with Crippen molar-refractivity contribution in [3.05, 3.63) is 75.1 Å². The summed E-state index contributed by atoms with van der Waals surface area (Å²) in [6.45, 7) is 3.53. The Bertz CT molecular complexity index is 1330. The summed E-state index contributed by atoms with van der Waals surface area (Å²) in [5, 5.41) is 0.475. The van der Waals surface area contributed by atoms with Crippen LogP contribution in [0.1, 0.15) is 47.3 Å². The van der Waals surface area contributed by atoms with Crippen LogP contribution >= 0.6 is 0 Å². The van der Waals surface area contributed by atoms with E-state index in [0.29, 0.717) is 29.5 Å². The minimum atomic E-state index is -5.02. The molecule has 0 N–H and O–H groups in total. The van der Waals surface area contributed by atoms with Crippen molar-refractivity contribution >= 4 is 16.8 Å². The van der Waals surface area contributed by atoms with Crippen molar-refractivity contribution in [2.75, 3.05) is 13.7 Å². The molecule has 0 spiro atoms. The van der Waals surface area contributed by atoms with Crippen LogP contribution in [0.2, 0.25) is 0 Å². The van der Waals surface area contributed by atoms with E-state index < -0.39 is 47.1 Å². The lowest BCUT2D eigenvalue weighted by Gasteiger charge is -2.22. The molecular weight excluding hydrogens is 502 g/mol. The van der Waals surface area contributed by atoms with Crippen molar-refractivity contribution in [1.82, 2.24) is 9.47 Å². The van der Waals surface area contributed by atoms with Gasteiger partial charge in [-0.25, -0.2) is 0 Å². The second-order valence-corrected chi connectivity index (χ2v) is 9.19. The lowest BCUT2D eigenvalue weighted by atomic mass is 10.0. The van der Waals surface area contributed by atoms with Crippen molar-refractivity contribution < 1.29 is 35.9 Å². The van der Waals surface area contributed by atoms with E-state index in [1.165, 1.54) is 18.7 Å². The molecule has 200 valence electrons. The van der Waals surface area contributed by atoms with Crippen LogP contribution in [0.4, 0.5) is 26.3 Å². The average Bonchev–Trinajstić information content (AvgIpc) is 2.80. The maximum atomic E-state index is 13.4. The molecule has 0 saturated carbocycles. The number of carbonyl (C=O) groups excluding carboxylic acids is 1. The number of hydrogen-bond acceptors (Lipinski definition) is 3. The molecule has 2 aromatic carbocycles. The molecule has 0 fully saturated rings. The zero-order valence-electron chi connectivity index (χ0n) is 20.6. The van der Waals surface area contributed by atoms with Gasteiger partial charge in [0, 0.05) is 26.0 Å². The molecule has 1 heterocycles. The number of rotatable bonds is 7. The topological polar surface area (TPSA) is 51.5 Å². The normalized spacial score (nSPS) is 12.3. The number of para-hydroxylation sites is 1. The van der Waals surface area contributed by atoms with E-state index in [0.717, 1.165) is 4.90 Å². The second-order valence-electron chi connectivity index (χ2n) is 9.19. The van der Waals surface area contributed by atoms with Crippen LogP contribution < -0.4 is 10.3 Å². The molecular formula is C26H26F6N2O3. The molecule has 0 radical (unpaired) electrons. The number of aryl methyl sites for hydroxylation is 1. The van der Waals surface area contributed by atoms with E-state index in [1.807, 2.05) is 13.8 Å². The number of ether oxygens (including phenoxy) is 1. The molecule has 3 aromatic rings. The number of aromatic nitrogens is 1. The molecule has 0 aliphatic rings. The molecule has 3 rings (SSSR count). The minimum Gasteiger partial charge on any atom is -0.492 e. The van der Waals surface area contributed by atoms with Gasteiger partial charge in [-0.2, -0.15) is 26.3 Å². The van der Waals surface area contributed by atoms with Crippen LogP contribution in [-0.2, 0) is 25.9 Å². The first-order chi connectivity index (χ1) is 17.1. The molecule has 37 heavy (non-hydrogen) atoms. The van der Waals surface area contributed by atoms with Gasteiger partial charge in [-0.15, -0.1) is 0 Å². The van der Waals surface area contributed by atoms with Crippen molar-refractivity contribution in [1.29, 1.82) is 0 Å². The number of carbonyl (C=O) groups is 1. The highest BCUT2D eigenvalue weighted by molar-refractivity contribution is 6.02. The van der Waals surface area contributed by atoms with Gasteiger partial charge in [-0.05, 0) is 48.2 Å². The summed E-state index contributed by atoms with van der Waals surface area (Å²) in [6.07, 6.45) is -9.42. The number of pyridine rings is 1. The highest BCUT2D eigenvalue weighted by Gasteiger charge is 2.37. The van der Waals surface area contributed by atoms with Crippen LogP contribution in [0, 0.1) is 5.92 Å². The molecule has 0 saturated heterocycles. The fraction of sp³-hybridized carbons (Fsp3) is 0.385. The fourth-order valence-electron chi connectivity index (χ4n) is 3.85. The van der Waals surface area contributed by atoms with Gasteiger partial charge in [-0.3, -0.25) is 9.59 Å². The van der Waals surface area contributed by atoms with Gasteiger partial charge < -0.3 is 14.2 Å². The minimum absolute atomic E-state index is 0.0189. The van der Waals surface area contributed by atoms with E-state index in [4.69, 9.17) is 4.74 Å². The molecule has 1 aromatic heterocycles. The van der Waals surface area contributed by atoms with E-state index in [9.17, 15) is 35.9 Å². The molecule has 5 nitrogen and oxygen atoms in total. The van der Waals surface area contributed by atoms with Crippen LogP contribution in [0.15, 0.2) is 47.3 Å². The first-order valence-electron chi connectivity index (χ1n) is 11.4. The fourth-order valence-corrected chi connectivity index (χ4v) is 3.85. The standard InChI is InChI=1S/C26H26F6N2O3/c1-15(2)9-10-37-22-19-7-5-6-8-20(19)34(4)24(36)21(22)23(35)33(3)14-16-11-17(25(27,28)29)13-18(12-16)26(30,31)32/h5-8,11-13,15H,9-10,14H2,1-4H3. The Morgan fingerprint density at radius 3 is 2.11 bits per heavy atom. The number of amides is 1. The Kier molecular flexibility index (Phi) is 7.94. The third-order valence-electron chi connectivity index (χ3n) is 5.82. The summed E-state index contributed by atoms with van der Waals surface area (Å²) >= 11 is 0. The van der Waals surface area contributed by atoms with Crippen molar-refractivity contribution in [2.45, 2.75) is 39.2 Å². The van der Waals surface area contributed by atoms with Crippen molar-refractivity contribution in [2.24, 2.45) is 13.0 Å². The Balaban J connectivity index is 2.07. The summed E-state index contributed by atoms with van der Waals surface area (Å²) in [6, 6.07) is 7.87. The number of halogens is 6. The maximum absolute atomic E-state index is 13.4. The summed E-state index contributed by atoms with van der Waals surface area (Å²) in [4.78, 5) is 27.5. The monoisotopic (exact) mass is 528 g/mol. The molecule has 0 aliphatic carbocycles. The van der Waals surface area contributed by atoms with Crippen molar-refractivity contribution in [3.8, 4) is 5.75 Å². The van der Waals surface area contributed by atoms with Gasteiger partial charge in [0.25, 0.3) is 11.5 Å². The highest BCUT2D eigenvalue weighted by Crippen LogP contribution is 2.37. The molecule has 0 bridgehead atoms. The number of nitrogens with zero attached hydrogens (tertiary/aromatic N) is 2. The zero-order valence-corrected chi connectivity index (χ0v) is 20.6. The van der Waals surface area contributed by atoms with E-state index in [-0.39, 0.29) is 29.9 Å². The van der Waals surface area contributed by atoms with Gasteiger partial charge >= 0.3 is 12.4 Å². The number of hydrogen-bond donors (Lipinski definition) is 0. The first-order valence-corrected chi connectivity index (χ1v) is 11.4.